The van der Waals surface area contributed by atoms with E-state index in [2.05, 4.69) is 17.3 Å². The Balaban J connectivity index is 2.21. The number of piperazine rings is 1. The van der Waals surface area contributed by atoms with Crippen molar-refractivity contribution in [2.24, 2.45) is 0 Å². The number of ether oxygens (including phenoxy) is 1. The third kappa shape index (κ3) is 5.33. The monoisotopic (exact) mass is 257 g/mol. The van der Waals surface area contributed by atoms with E-state index in [-0.39, 0.29) is 11.5 Å². The Morgan fingerprint density at radius 3 is 2.44 bits per heavy atom. The van der Waals surface area contributed by atoms with E-state index in [1.165, 1.54) is 0 Å². The third-order valence-corrected chi connectivity index (χ3v) is 3.22. The lowest BCUT2D eigenvalue weighted by atomic mass is 10.1. The highest BCUT2D eigenvalue weighted by molar-refractivity contribution is 5.78. The minimum atomic E-state index is -0.211. The lowest BCUT2D eigenvalue weighted by Gasteiger charge is -2.33. The summed E-state index contributed by atoms with van der Waals surface area (Å²) in [5, 5.41) is 3.19. The molecule has 1 amide bonds. The summed E-state index contributed by atoms with van der Waals surface area (Å²) in [6.07, 6.45) is 0. The molecule has 1 aliphatic heterocycles. The summed E-state index contributed by atoms with van der Waals surface area (Å²) < 4.78 is 5.58. The predicted molar refractivity (Wildman–Crippen MR) is 72.7 cm³/mol. The second kappa shape index (κ2) is 7.07. The molecule has 5 nitrogen and oxygen atoms in total. The Morgan fingerprint density at radius 2 is 1.89 bits per heavy atom. The number of nitrogens with one attached hydrogen (secondary N) is 1. The molecule has 0 spiro atoms. The average molecular weight is 257 g/mol. The molecule has 1 N–H and O–H groups in total. The van der Waals surface area contributed by atoms with Crippen molar-refractivity contribution in [3.63, 3.8) is 0 Å². The molecule has 0 aromatic carbocycles. The van der Waals surface area contributed by atoms with E-state index >= 15 is 0 Å². The predicted octanol–water partition coefficient (Wildman–Crippen LogP) is 0.165. The van der Waals surface area contributed by atoms with Crippen LogP contribution in [0.15, 0.2) is 0 Å². The molecule has 1 aliphatic rings. The van der Waals surface area contributed by atoms with Gasteiger partial charge in [0, 0.05) is 39.3 Å². The Kier molecular flexibility index (Phi) is 6.05. The molecule has 0 atom stereocenters. The second-order valence-corrected chi connectivity index (χ2v) is 5.48. The lowest BCUT2D eigenvalue weighted by Crippen LogP contribution is -2.50. The number of carbonyl (C=O) groups is 1. The van der Waals surface area contributed by atoms with Crippen LogP contribution < -0.4 is 5.32 Å². The summed E-state index contributed by atoms with van der Waals surface area (Å²) in [5.41, 5.74) is -0.211. The van der Waals surface area contributed by atoms with Crippen molar-refractivity contribution in [1.29, 1.82) is 0 Å². The molecule has 0 radical (unpaired) electrons. The van der Waals surface area contributed by atoms with E-state index in [1.54, 1.807) is 0 Å². The van der Waals surface area contributed by atoms with Crippen LogP contribution in [0, 0.1) is 0 Å². The van der Waals surface area contributed by atoms with E-state index in [0.29, 0.717) is 19.7 Å². The van der Waals surface area contributed by atoms with Crippen molar-refractivity contribution < 1.29 is 9.53 Å². The second-order valence-electron chi connectivity index (χ2n) is 5.48. The van der Waals surface area contributed by atoms with Gasteiger partial charge in [0.1, 0.15) is 0 Å². The first-order valence-corrected chi connectivity index (χ1v) is 6.75. The first-order chi connectivity index (χ1) is 8.44. The van der Waals surface area contributed by atoms with Crippen molar-refractivity contribution in [3.8, 4) is 0 Å². The van der Waals surface area contributed by atoms with Crippen molar-refractivity contribution >= 4 is 5.91 Å². The van der Waals surface area contributed by atoms with E-state index in [9.17, 15) is 4.79 Å². The highest BCUT2D eigenvalue weighted by atomic mass is 16.5. The molecule has 1 heterocycles. The topological polar surface area (TPSA) is 44.8 Å². The number of carbonyl (C=O) groups excluding carboxylic acids is 1. The fraction of sp³-hybridized carbons (Fsp3) is 0.923. The van der Waals surface area contributed by atoms with Crippen LogP contribution in [-0.2, 0) is 9.53 Å². The first kappa shape index (κ1) is 15.4. The molecule has 106 valence electrons. The van der Waals surface area contributed by atoms with Crippen LogP contribution in [0.2, 0.25) is 0 Å². The average Bonchev–Trinajstić information content (AvgIpc) is 2.29. The number of nitrogens with zero attached hydrogens (tertiary/aromatic N) is 2. The molecule has 1 rings (SSSR count). The molecule has 1 fully saturated rings. The molecule has 18 heavy (non-hydrogen) atoms. The van der Waals surface area contributed by atoms with Gasteiger partial charge in [0.25, 0.3) is 0 Å². The summed E-state index contributed by atoms with van der Waals surface area (Å²) in [5.74, 6) is 0.190. The van der Waals surface area contributed by atoms with E-state index in [1.807, 2.05) is 25.7 Å². The Morgan fingerprint density at radius 1 is 1.28 bits per heavy atom. The van der Waals surface area contributed by atoms with Crippen molar-refractivity contribution in [2.45, 2.75) is 26.4 Å². The normalized spacial score (nSPS) is 18.1. The van der Waals surface area contributed by atoms with Gasteiger partial charge in [0.15, 0.2) is 0 Å². The van der Waals surface area contributed by atoms with E-state index in [4.69, 9.17) is 4.74 Å². The van der Waals surface area contributed by atoms with Crippen LogP contribution in [0.5, 0.6) is 0 Å². The van der Waals surface area contributed by atoms with E-state index < -0.39 is 0 Å². The minimum absolute atomic E-state index is 0.190. The Bertz CT molecular complexity index is 261. The van der Waals surface area contributed by atoms with Crippen LogP contribution >= 0.6 is 0 Å². The van der Waals surface area contributed by atoms with Crippen LogP contribution in [0.25, 0.3) is 0 Å². The molecule has 0 unspecified atom stereocenters. The van der Waals surface area contributed by atoms with Gasteiger partial charge >= 0.3 is 0 Å². The van der Waals surface area contributed by atoms with Crippen molar-refractivity contribution in [2.75, 3.05) is 52.9 Å². The molecule has 0 aliphatic carbocycles. The number of rotatable bonds is 6. The Hall–Kier alpha value is -0.650. The van der Waals surface area contributed by atoms with E-state index in [0.717, 1.165) is 26.2 Å². The van der Waals surface area contributed by atoms with Crippen LogP contribution in [0.1, 0.15) is 20.8 Å². The molecular weight excluding hydrogens is 230 g/mol. The summed E-state index contributed by atoms with van der Waals surface area (Å²) in [7, 11) is 2.09. The smallest absolute Gasteiger partial charge is 0.236 e. The van der Waals surface area contributed by atoms with Gasteiger partial charge in [-0.1, -0.05) is 0 Å². The number of likely N-dealkylation sites (N-methyl/N-ethyl adjacent to an activating group) is 1. The molecular formula is C13H27N3O2. The molecule has 0 saturated carbocycles. The van der Waals surface area contributed by atoms with Crippen molar-refractivity contribution in [1.82, 2.24) is 15.1 Å². The van der Waals surface area contributed by atoms with Crippen LogP contribution in [-0.4, -0.2) is 74.2 Å². The highest BCUT2D eigenvalue weighted by Gasteiger charge is 2.21. The summed E-state index contributed by atoms with van der Waals surface area (Å²) in [6, 6.07) is 0. The standard InChI is InChI=1S/C13H27N3O2/c1-5-18-13(2,3)11-14-10-12(17)16-8-6-15(4)7-9-16/h14H,5-11H2,1-4H3. The first-order valence-electron chi connectivity index (χ1n) is 6.75. The number of hydrogen-bond donors (Lipinski definition) is 1. The van der Waals surface area contributed by atoms with Gasteiger partial charge in [0.05, 0.1) is 12.1 Å². The SMILES string of the molecule is CCOC(C)(C)CNCC(=O)N1CCN(C)CC1. The fourth-order valence-corrected chi connectivity index (χ4v) is 2.08. The summed E-state index contributed by atoms with van der Waals surface area (Å²) in [4.78, 5) is 16.1. The van der Waals surface area contributed by atoms with Gasteiger partial charge in [-0.25, -0.2) is 0 Å². The van der Waals surface area contributed by atoms with Gasteiger partial charge in [-0.2, -0.15) is 0 Å². The third-order valence-electron chi connectivity index (χ3n) is 3.22. The molecule has 1 saturated heterocycles. The van der Waals surface area contributed by atoms with Crippen molar-refractivity contribution in [3.05, 3.63) is 0 Å². The maximum absolute atomic E-state index is 12.0. The maximum atomic E-state index is 12.0. The lowest BCUT2D eigenvalue weighted by molar-refractivity contribution is -0.132. The molecule has 0 aromatic heterocycles. The summed E-state index contributed by atoms with van der Waals surface area (Å²) in [6.45, 7) is 11.5. The zero-order valence-corrected chi connectivity index (χ0v) is 12.2. The maximum Gasteiger partial charge on any atom is 0.236 e. The van der Waals surface area contributed by atoms with Crippen LogP contribution in [0.3, 0.4) is 0 Å². The zero-order valence-electron chi connectivity index (χ0n) is 12.2. The molecule has 5 heteroatoms. The zero-order chi connectivity index (χ0) is 13.6. The summed E-state index contributed by atoms with van der Waals surface area (Å²) >= 11 is 0. The molecule has 0 aromatic rings. The van der Waals surface area contributed by atoms with Crippen LogP contribution in [0.4, 0.5) is 0 Å². The molecule has 0 bridgehead atoms. The Labute approximate surface area is 110 Å². The largest absolute Gasteiger partial charge is 0.375 e. The highest BCUT2D eigenvalue weighted by Crippen LogP contribution is 2.06. The van der Waals surface area contributed by atoms with Gasteiger partial charge < -0.3 is 19.9 Å². The van der Waals surface area contributed by atoms with Gasteiger partial charge in [-0.15, -0.1) is 0 Å². The van der Waals surface area contributed by atoms with Gasteiger partial charge in [0.2, 0.25) is 5.91 Å². The quantitative estimate of drug-likeness (QED) is 0.736. The van der Waals surface area contributed by atoms with Gasteiger partial charge in [-0.3, -0.25) is 4.79 Å². The van der Waals surface area contributed by atoms with Gasteiger partial charge in [-0.05, 0) is 27.8 Å². The number of hydrogen-bond acceptors (Lipinski definition) is 4. The minimum Gasteiger partial charge on any atom is -0.375 e. The number of amides is 1. The fourth-order valence-electron chi connectivity index (χ4n) is 2.08.